The molecule has 3 rings (SSSR count). The van der Waals surface area contributed by atoms with Crippen molar-refractivity contribution in [2.24, 2.45) is 0 Å². The lowest BCUT2D eigenvalue weighted by molar-refractivity contribution is -0.113. The van der Waals surface area contributed by atoms with Gasteiger partial charge in [0.05, 0.1) is 11.4 Å². The van der Waals surface area contributed by atoms with Gasteiger partial charge in [-0.25, -0.2) is 4.98 Å². The number of rotatable bonds is 8. The van der Waals surface area contributed by atoms with Crippen molar-refractivity contribution < 1.29 is 9.59 Å². The summed E-state index contributed by atoms with van der Waals surface area (Å²) in [7, 11) is 0. The zero-order valence-corrected chi connectivity index (χ0v) is 19.2. The first-order valence-electron chi connectivity index (χ1n) is 10.4. The predicted octanol–water partition coefficient (Wildman–Crippen LogP) is 4.70. The molecule has 2 amide bonds. The van der Waals surface area contributed by atoms with Gasteiger partial charge in [-0.3, -0.25) is 14.2 Å². The molecule has 3 aromatic rings. The molecule has 6 nitrogen and oxygen atoms in total. The summed E-state index contributed by atoms with van der Waals surface area (Å²) in [5.41, 5.74) is 4.63. The van der Waals surface area contributed by atoms with Gasteiger partial charge in [0.15, 0.2) is 5.16 Å². The summed E-state index contributed by atoms with van der Waals surface area (Å²) in [5, 5.41) is 3.65. The molecule has 0 atom stereocenters. The van der Waals surface area contributed by atoms with Crippen molar-refractivity contribution in [3.63, 3.8) is 0 Å². The Labute approximate surface area is 187 Å². The number of aromatic nitrogens is 2. The first kappa shape index (κ1) is 22.6. The molecule has 2 aromatic carbocycles. The molecular formula is C24H28N4O2S. The predicted molar refractivity (Wildman–Crippen MR) is 126 cm³/mol. The minimum absolute atomic E-state index is 0.0361. The van der Waals surface area contributed by atoms with E-state index in [2.05, 4.69) is 30.2 Å². The molecule has 162 valence electrons. The molecule has 1 heterocycles. The molecule has 0 aliphatic rings. The second kappa shape index (κ2) is 10.3. The van der Waals surface area contributed by atoms with Crippen LogP contribution in [0.1, 0.15) is 35.3 Å². The van der Waals surface area contributed by atoms with Crippen molar-refractivity contribution in [1.82, 2.24) is 14.5 Å². The van der Waals surface area contributed by atoms with Crippen molar-refractivity contribution in [2.45, 2.75) is 32.9 Å². The summed E-state index contributed by atoms with van der Waals surface area (Å²) in [6.45, 7) is 9.36. The lowest BCUT2D eigenvalue weighted by Crippen LogP contribution is -2.30. The van der Waals surface area contributed by atoms with Gasteiger partial charge < -0.3 is 10.2 Å². The first-order chi connectivity index (χ1) is 14.9. The summed E-state index contributed by atoms with van der Waals surface area (Å²) in [5.74, 6) is 0.0368. The zero-order valence-electron chi connectivity index (χ0n) is 18.4. The Hall–Kier alpha value is -3.06. The normalized spacial score (nSPS) is 10.7. The van der Waals surface area contributed by atoms with E-state index in [1.54, 1.807) is 35.4 Å². The number of amides is 2. The zero-order chi connectivity index (χ0) is 22.4. The van der Waals surface area contributed by atoms with Gasteiger partial charge in [-0.15, -0.1) is 0 Å². The van der Waals surface area contributed by atoms with Gasteiger partial charge in [0.25, 0.3) is 5.91 Å². The van der Waals surface area contributed by atoms with E-state index in [1.807, 2.05) is 36.7 Å². The number of nitrogens with one attached hydrogen (secondary N) is 1. The third-order valence-corrected chi connectivity index (χ3v) is 6.19. The maximum absolute atomic E-state index is 12.5. The summed E-state index contributed by atoms with van der Waals surface area (Å²) < 4.78 is 2.00. The number of carbonyl (C=O) groups excluding carboxylic acids is 2. The Kier molecular flexibility index (Phi) is 7.52. The standard InChI is InChI=1S/C24H28N4O2S/c1-5-27(6-2)23(30)19-10-8-11-20(15-19)26-22(29)16-31-24-25-13-14-28(24)21-12-7-9-17(3)18(21)4/h7-15H,5-6,16H2,1-4H3,(H,26,29). The molecule has 1 N–H and O–H groups in total. The summed E-state index contributed by atoms with van der Waals surface area (Å²) in [6, 6.07) is 13.2. The van der Waals surface area contributed by atoms with Crippen LogP contribution in [-0.4, -0.2) is 45.1 Å². The highest BCUT2D eigenvalue weighted by molar-refractivity contribution is 7.99. The molecule has 31 heavy (non-hydrogen) atoms. The second-order valence-corrected chi connectivity index (χ2v) is 8.14. The lowest BCUT2D eigenvalue weighted by atomic mass is 10.1. The maximum atomic E-state index is 12.5. The van der Waals surface area contributed by atoms with E-state index in [0.29, 0.717) is 24.3 Å². The maximum Gasteiger partial charge on any atom is 0.253 e. The lowest BCUT2D eigenvalue weighted by Gasteiger charge is -2.19. The SMILES string of the molecule is CCN(CC)C(=O)c1cccc(NC(=O)CSc2nccn2-c2cccc(C)c2C)c1. The van der Waals surface area contributed by atoms with Gasteiger partial charge in [-0.2, -0.15) is 0 Å². The highest BCUT2D eigenvalue weighted by atomic mass is 32.2. The third kappa shape index (κ3) is 5.35. The summed E-state index contributed by atoms with van der Waals surface area (Å²) >= 11 is 1.38. The number of thioether (sulfide) groups is 1. The Bertz CT molecular complexity index is 1070. The number of hydrogen-bond acceptors (Lipinski definition) is 4. The van der Waals surface area contributed by atoms with E-state index < -0.39 is 0 Å². The number of imidazole rings is 1. The minimum atomic E-state index is -0.145. The van der Waals surface area contributed by atoms with Crippen molar-refractivity contribution in [3.05, 3.63) is 71.5 Å². The summed E-state index contributed by atoms with van der Waals surface area (Å²) in [6.07, 6.45) is 3.65. The molecule has 1 aromatic heterocycles. The molecule has 0 aliphatic heterocycles. The van der Waals surface area contributed by atoms with E-state index in [-0.39, 0.29) is 17.6 Å². The van der Waals surface area contributed by atoms with Gasteiger partial charge in [0.2, 0.25) is 5.91 Å². The van der Waals surface area contributed by atoms with Crippen LogP contribution in [0.2, 0.25) is 0 Å². The topological polar surface area (TPSA) is 67.2 Å². The van der Waals surface area contributed by atoms with Crippen LogP contribution in [0, 0.1) is 13.8 Å². The van der Waals surface area contributed by atoms with Gasteiger partial charge in [-0.05, 0) is 63.1 Å². The average molecular weight is 437 g/mol. The van der Waals surface area contributed by atoms with E-state index in [4.69, 9.17) is 0 Å². The molecule has 0 saturated heterocycles. The second-order valence-electron chi connectivity index (χ2n) is 7.19. The van der Waals surface area contributed by atoms with Crippen LogP contribution in [0.5, 0.6) is 0 Å². The van der Waals surface area contributed by atoms with Gasteiger partial charge in [-0.1, -0.05) is 30.0 Å². The van der Waals surface area contributed by atoms with Crippen LogP contribution < -0.4 is 5.32 Å². The van der Waals surface area contributed by atoms with Gasteiger partial charge >= 0.3 is 0 Å². The number of aryl methyl sites for hydroxylation is 1. The number of hydrogen-bond donors (Lipinski definition) is 1. The van der Waals surface area contributed by atoms with Crippen LogP contribution in [0.3, 0.4) is 0 Å². The van der Waals surface area contributed by atoms with E-state index >= 15 is 0 Å². The molecule has 7 heteroatoms. The summed E-state index contributed by atoms with van der Waals surface area (Å²) in [4.78, 5) is 31.3. The first-order valence-corrected chi connectivity index (χ1v) is 11.3. The average Bonchev–Trinajstić information content (AvgIpc) is 3.23. The third-order valence-electron chi connectivity index (χ3n) is 5.22. The number of anilines is 1. The minimum Gasteiger partial charge on any atom is -0.339 e. The highest BCUT2D eigenvalue weighted by Gasteiger charge is 2.14. The van der Waals surface area contributed by atoms with Gasteiger partial charge in [0.1, 0.15) is 0 Å². The van der Waals surface area contributed by atoms with Crippen LogP contribution in [0.4, 0.5) is 5.69 Å². The Morgan fingerprint density at radius 1 is 1.10 bits per heavy atom. The van der Waals surface area contributed by atoms with Gasteiger partial charge in [0, 0.05) is 36.7 Å². The fraction of sp³-hybridized carbons (Fsp3) is 0.292. The molecule has 0 fully saturated rings. The Morgan fingerprint density at radius 3 is 2.58 bits per heavy atom. The van der Waals surface area contributed by atoms with Crippen LogP contribution in [0.15, 0.2) is 60.0 Å². The highest BCUT2D eigenvalue weighted by Crippen LogP contribution is 2.24. The van der Waals surface area contributed by atoms with Crippen molar-refractivity contribution in [2.75, 3.05) is 24.2 Å². The quantitative estimate of drug-likeness (QED) is 0.520. The Balaban J connectivity index is 1.66. The van der Waals surface area contributed by atoms with E-state index in [1.165, 1.54) is 22.9 Å². The van der Waals surface area contributed by atoms with E-state index in [0.717, 1.165) is 10.8 Å². The van der Waals surface area contributed by atoms with Crippen LogP contribution in [0.25, 0.3) is 5.69 Å². The monoisotopic (exact) mass is 436 g/mol. The smallest absolute Gasteiger partial charge is 0.253 e. The molecule has 0 spiro atoms. The molecule has 0 bridgehead atoms. The number of nitrogens with zero attached hydrogens (tertiary/aromatic N) is 3. The molecule has 0 aliphatic carbocycles. The fourth-order valence-electron chi connectivity index (χ4n) is 3.33. The molecular weight excluding hydrogens is 408 g/mol. The number of benzene rings is 2. The molecule has 0 unspecified atom stereocenters. The van der Waals surface area contributed by atoms with Crippen molar-refractivity contribution in [3.8, 4) is 5.69 Å². The fourth-order valence-corrected chi connectivity index (χ4v) is 4.09. The molecule has 0 saturated carbocycles. The van der Waals surface area contributed by atoms with Crippen molar-refractivity contribution >= 4 is 29.3 Å². The van der Waals surface area contributed by atoms with Crippen LogP contribution in [-0.2, 0) is 4.79 Å². The molecule has 0 radical (unpaired) electrons. The van der Waals surface area contributed by atoms with Crippen molar-refractivity contribution in [1.29, 1.82) is 0 Å². The number of carbonyl (C=O) groups is 2. The largest absolute Gasteiger partial charge is 0.339 e. The Morgan fingerprint density at radius 2 is 1.84 bits per heavy atom. The van der Waals surface area contributed by atoms with Crippen LogP contribution >= 0.6 is 11.8 Å². The van der Waals surface area contributed by atoms with E-state index in [9.17, 15) is 9.59 Å².